The first-order chi connectivity index (χ1) is 16.6. The fourth-order valence-electron chi connectivity index (χ4n) is 5.04. The third kappa shape index (κ3) is 3.55. The summed E-state index contributed by atoms with van der Waals surface area (Å²) in [6.45, 7) is 3.34. The molecule has 2 amide bonds. The lowest BCUT2D eigenvalue weighted by molar-refractivity contribution is -0.118. The van der Waals surface area contributed by atoms with Crippen molar-refractivity contribution in [3.05, 3.63) is 54.4 Å². The Morgan fingerprint density at radius 1 is 1.03 bits per heavy atom. The fourth-order valence-corrected chi connectivity index (χ4v) is 5.04. The van der Waals surface area contributed by atoms with Gasteiger partial charge in [0, 0.05) is 36.8 Å². The van der Waals surface area contributed by atoms with E-state index in [4.69, 9.17) is 4.74 Å². The number of aromatic nitrogens is 2. The molecule has 0 bridgehead atoms. The van der Waals surface area contributed by atoms with E-state index in [9.17, 15) is 9.59 Å². The zero-order valence-electron chi connectivity index (χ0n) is 19.0. The summed E-state index contributed by atoms with van der Waals surface area (Å²) in [7, 11) is 0. The lowest BCUT2D eigenvalue weighted by atomic mass is 10.0. The first-order valence-electron chi connectivity index (χ1n) is 11.7. The Morgan fingerprint density at radius 2 is 1.94 bits per heavy atom. The average Bonchev–Trinajstić information content (AvgIpc) is 3.45. The summed E-state index contributed by atoms with van der Waals surface area (Å²) in [6, 6.07) is 12.1. The monoisotopic (exact) mass is 455 g/mol. The quantitative estimate of drug-likeness (QED) is 0.634. The molecule has 2 saturated heterocycles. The van der Waals surface area contributed by atoms with Crippen molar-refractivity contribution in [3.8, 4) is 17.0 Å². The fraction of sp³-hybridized carbons (Fsp3) is 0.308. The molecule has 34 heavy (non-hydrogen) atoms. The highest BCUT2D eigenvalue weighted by molar-refractivity contribution is 5.98. The van der Waals surface area contributed by atoms with E-state index >= 15 is 0 Å². The van der Waals surface area contributed by atoms with Crippen molar-refractivity contribution in [1.29, 1.82) is 0 Å². The molecule has 0 radical (unpaired) electrons. The van der Waals surface area contributed by atoms with Gasteiger partial charge in [0.15, 0.2) is 0 Å². The van der Waals surface area contributed by atoms with Gasteiger partial charge in [-0.15, -0.1) is 0 Å². The normalized spacial score (nSPS) is 19.1. The van der Waals surface area contributed by atoms with Gasteiger partial charge < -0.3 is 19.9 Å². The predicted molar refractivity (Wildman–Crippen MR) is 130 cm³/mol. The van der Waals surface area contributed by atoms with Crippen LogP contribution in [0, 0.1) is 6.92 Å². The number of nitrogens with zero attached hydrogens (tertiary/aromatic N) is 4. The summed E-state index contributed by atoms with van der Waals surface area (Å²) in [4.78, 5) is 37.1. The van der Waals surface area contributed by atoms with Crippen LogP contribution < -0.4 is 19.9 Å². The molecular weight excluding hydrogens is 430 g/mol. The molecule has 8 nitrogen and oxygen atoms in total. The molecule has 0 saturated carbocycles. The van der Waals surface area contributed by atoms with Crippen LogP contribution in [0.1, 0.15) is 31.2 Å². The van der Waals surface area contributed by atoms with Crippen molar-refractivity contribution in [2.45, 2.75) is 38.6 Å². The zero-order valence-corrected chi connectivity index (χ0v) is 19.0. The van der Waals surface area contributed by atoms with E-state index in [0.717, 1.165) is 47.5 Å². The van der Waals surface area contributed by atoms with E-state index < -0.39 is 0 Å². The first kappa shape index (κ1) is 20.7. The minimum Gasteiger partial charge on any atom is -0.474 e. The summed E-state index contributed by atoms with van der Waals surface area (Å²) < 4.78 is 5.74. The SMILES string of the molecule is Cc1cc(N2CCCC2=O)ccc1-c1ccc(Nc2cnc3c(c2)N2C(=O)CCC2CO3)nc1. The van der Waals surface area contributed by atoms with Crippen LogP contribution in [0.3, 0.4) is 0 Å². The first-order valence-corrected chi connectivity index (χ1v) is 11.7. The number of fused-ring (bicyclic) bond motifs is 3. The molecular formula is C26H25N5O3. The number of anilines is 4. The zero-order chi connectivity index (χ0) is 23.2. The summed E-state index contributed by atoms with van der Waals surface area (Å²) >= 11 is 0. The van der Waals surface area contributed by atoms with Crippen LogP contribution in [-0.4, -0.2) is 41.0 Å². The molecule has 3 aromatic rings. The van der Waals surface area contributed by atoms with Gasteiger partial charge in [-0.1, -0.05) is 6.07 Å². The Bertz CT molecular complexity index is 1290. The number of ether oxygens (including phenoxy) is 1. The number of aryl methyl sites for hydroxylation is 1. The van der Waals surface area contributed by atoms with Crippen LogP contribution >= 0.6 is 0 Å². The lowest BCUT2D eigenvalue weighted by Gasteiger charge is -2.31. The van der Waals surface area contributed by atoms with Crippen LogP contribution in [-0.2, 0) is 9.59 Å². The lowest BCUT2D eigenvalue weighted by Crippen LogP contribution is -2.40. The maximum Gasteiger partial charge on any atom is 0.238 e. The molecule has 0 spiro atoms. The molecule has 8 heteroatoms. The van der Waals surface area contributed by atoms with Crippen LogP contribution in [0.4, 0.5) is 22.9 Å². The van der Waals surface area contributed by atoms with Gasteiger partial charge in [0.05, 0.1) is 17.9 Å². The molecule has 1 atom stereocenters. The molecule has 6 rings (SSSR count). The molecule has 1 aromatic carbocycles. The van der Waals surface area contributed by atoms with E-state index in [1.54, 1.807) is 6.20 Å². The van der Waals surface area contributed by atoms with Crippen LogP contribution in [0.25, 0.3) is 11.1 Å². The van der Waals surface area contributed by atoms with Gasteiger partial charge in [-0.05, 0) is 61.2 Å². The molecule has 172 valence electrons. The van der Waals surface area contributed by atoms with Crippen molar-refractivity contribution in [3.63, 3.8) is 0 Å². The van der Waals surface area contributed by atoms with Gasteiger partial charge in [-0.2, -0.15) is 0 Å². The van der Waals surface area contributed by atoms with Crippen molar-refractivity contribution in [2.75, 3.05) is 28.3 Å². The van der Waals surface area contributed by atoms with Gasteiger partial charge >= 0.3 is 0 Å². The number of amides is 2. The number of nitrogens with one attached hydrogen (secondary N) is 1. The van der Waals surface area contributed by atoms with Gasteiger partial charge in [0.25, 0.3) is 0 Å². The Labute approximate surface area is 197 Å². The highest BCUT2D eigenvalue weighted by Gasteiger charge is 2.38. The maximum atomic E-state index is 12.3. The topological polar surface area (TPSA) is 87.7 Å². The largest absolute Gasteiger partial charge is 0.474 e. The number of benzene rings is 1. The molecule has 3 aliphatic heterocycles. The van der Waals surface area contributed by atoms with Gasteiger partial charge in [0.1, 0.15) is 18.1 Å². The van der Waals surface area contributed by atoms with E-state index in [0.29, 0.717) is 36.8 Å². The molecule has 1 unspecified atom stereocenters. The number of hydrogen-bond acceptors (Lipinski definition) is 6. The molecule has 1 N–H and O–H groups in total. The number of pyridine rings is 2. The van der Waals surface area contributed by atoms with Crippen LogP contribution in [0.2, 0.25) is 0 Å². The number of hydrogen-bond donors (Lipinski definition) is 1. The van der Waals surface area contributed by atoms with Crippen LogP contribution in [0.15, 0.2) is 48.8 Å². The Morgan fingerprint density at radius 3 is 2.71 bits per heavy atom. The van der Waals surface area contributed by atoms with Crippen molar-refractivity contribution < 1.29 is 14.3 Å². The molecule has 3 aliphatic rings. The maximum absolute atomic E-state index is 12.3. The van der Waals surface area contributed by atoms with Crippen molar-refractivity contribution in [1.82, 2.24) is 9.97 Å². The molecule has 2 aromatic heterocycles. The summed E-state index contributed by atoms with van der Waals surface area (Å²) in [5.41, 5.74) is 5.61. The smallest absolute Gasteiger partial charge is 0.238 e. The third-order valence-electron chi connectivity index (χ3n) is 6.77. The minimum absolute atomic E-state index is 0.0904. The highest BCUT2D eigenvalue weighted by atomic mass is 16.5. The highest BCUT2D eigenvalue weighted by Crippen LogP contribution is 2.39. The van der Waals surface area contributed by atoms with Crippen molar-refractivity contribution >= 4 is 34.7 Å². The van der Waals surface area contributed by atoms with E-state index in [1.807, 2.05) is 40.3 Å². The second-order valence-electron chi connectivity index (χ2n) is 9.02. The number of rotatable bonds is 4. The van der Waals surface area contributed by atoms with Gasteiger partial charge in [-0.3, -0.25) is 9.59 Å². The Hall–Kier alpha value is -3.94. The third-order valence-corrected chi connectivity index (χ3v) is 6.77. The minimum atomic E-state index is 0.0904. The average molecular weight is 456 g/mol. The van der Waals surface area contributed by atoms with Gasteiger partial charge in [-0.25, -0.2) is 9.97 Å². The molecule has 5 heterocycles. The van der Waals surface area contributed by atoms with Gasteiger partial charge in [0.2, 0.25) is 17.7 Å². The van der Waals surface area contributed by atoms with Crippen LogP contribution in [0.5, 0.6) is 5.88 Å². The predicted octanol–water partition coefficient (Wildman–Crippen LogP) is 4.21. The molecule has 2 fully saturated rings. The van der Waals surface area contributed by atoms with E-state index in [-0.39, 0.29) is 17.9 Å². The Balaban J connectivity index is 1.21. The molecule has 0 aliphatic carbocycles. The Kier molecular flexibility index (Phi) is 4.94. The standard InChI is InChI=1S/C26H25N5O3/c1-16-11-19(30-10-2-3-24(30)32)5-7-21(16)17-4-8-23(27-13-17)29-18-12-22-26(28-14-18)34-15-20-6-9-25(33)31(20)22/h4-5,7-8,11-14,20H,2-3,6,9-10,15H2,1H3,(H,27,29). The van der Waals surface area contributed by atoms with E-state index in [1.165, 1.54) is 0 Å². The summed E-state index contributed by atoms with van der Waals surface area (Å²) in [5.74, 6) is 1.49. The summed E-state index contributed by atoms with van der Waals surface area (Å²) in [6.07, 6.45) is 6.43. The number of carbonyl (C=O) groups excluding carboxylic acids is 2. The van der Waals surface area contributed by atoms with E-state index in [2.05, 4.69) is 34.3 Å². The number of carbonyl (C=O) groups is 2. The second-order valence-corrected chi connectivity index (χ2v) is 9.02. The second kappa shape index (κ2) is 8.13. The van der Waals surface area contributed by atoms with Crippen molar-refractivity contribution in [2.24, 2.45) is 0 Å². The summed E-state index contributed by atoms with van der Waals surface area (Å²) in [5, 5.41) is 3.28.